The summed E-state index contributed by atoms with van der Waals surface area (Å²) in [7, 11) is 0. The molecule has 4 aromatic rings. The maximum Gasteiger partial charge on any atom is 0.345 e. The summed E-state index contributed by atoms with van der Waals surface area (Å²) >= 11 is 4.79. The van der Waals surface area contributed by atoms with Gasteiger partial charge in [-0.2, -0.15) is 5.10 Å². The third kappa shape index (κ3) is 3.58. The van der Waals surface area contributed by atoms with Crippen LogP contribution in [-0.4, -0.2) is 11.2 Å². The molecule has 7 heteroatoms. The first-order valence-electron chi connectivity index (χ1n) is 7.72. The minimum Gasteiger partial charge on any atom is -0.422 e. The van der Waals surface area contributed by atoms with Crippen LogP contribution in [0.15, 0.2) is 78.8 Å². The topological polar surface area (TPSA) is 67.5 Å². The molecule has 0 bridgehead atoms. The van der Waals surface area contributed by atoms with Gasteiger partial charge in [0.05, 0.1) is 17.5 Å². The molecular formula is C19H12BrN3O2S. The van der Waals surface area contributed by atoms with Gasteiger partial charge in [0.25, 0.3) is 0 Å². The molecule has 0 saturated heterocycles. The zero-order valence-corrected chi connectivity index (χ0v) is 15.8. The maximum absolute atomic E-state index is 12.2. The second kappa shape index (κ2) is 7.23. The molecule has 0 aliphatic heterocycles. The van der Waals surface area contributed by atoms with Crippen molar-refractivity contribution in [1.82, 2.24) is 4.98 Å². The molecule has 0 unspecified atom stereocenters. The summed E-state index contributed by atoms with van der Waals surface area (Å²) in [6.45, 7) is 0. The summed E-state index contributed by atoms with van der Waals surface area (Å²) in [5.41, 5.74) is 5.00. The van der Waals surface area contributed by atoms with Crippen molar-refractivity contribution in [3.63, 3.8) is 0 Å². The molecule has 5 nitrogen and oxygen atoms in total. The molecule has 2 aromatic carbocycles. The number of hydrogen-bond donors (Lipinski definition) is 1. The van der Waals surface area contributed by atoms with E-state index >= 15 is 0 Å². The van der Waals surface area contributed by atoms with E-state index in [1.165, 1.54) is 11.3 Å². The van der Waals surface area contributed by atoms with Crippen LogP contribution < -0.4 is 11.1 Å². The third-order valence-electron chi connectivity index (χ3n) is 3.64. The van der Waals surface area contributed by atoms with Crippen LogP contribution in [-0.2, 0) is 0 Å². The normalized spacial score (nSPS) is 11.3. The van der Waals surface area contributed by atoms with Gasteiger partial charge in [0, 0.05) is 15.2 Å². The molecular weight excluding hydrogens is 414 g/mol. The first kappa shape index (κ1) is 16.7. The molecule has 2 aromatic heterocycles. The van der Waals surface area contributed by atoms with Gasteiger partial charge in [0.1, 0.15) is 5.58 Å². The van der Waals surface area contributed by atoms with Gasteiger partial charge < -0.3 is 4.42 Å². The van der Waals surface area contributed by atoms with E-state index in [2.05, 4.69) is 31.4 Å². The number of rotatable bonds is 4. The number of para-hydroxylation sites is 1. The molecule has 26 heavy (non-hydrogen) atoms. The summed E-state index contributed by atoms with van der Waals surface area (Å²) in [6.07, 6.45) is 1.70. The monoisotopic (exact) mass is 425 g/mol. The summed E-state index contributed by atoms with van der Waals surface area (Å²) in [5, 5.41) is 7.44. The van der Waals surface area contributed by atoms with Crippen LogP contribution in [0, 0.1) is 0 Å². The van der Waals surface area contributed by atoms with E-state index in [-0.39, 0.29) is 0 Å². The van der Waals surface area contributed by atoms with Crippen LogP contribution in [0.4, 0.5) is 5.13 Å². The molecule has 0 fully saturated rings. The van der Waals surface area contributed by atoms with Crippen molar-refractivity contribution >= 4 is 49.6 Å². The average Bonchev–Trinajstić information content (AvgIpc) is 3.10. The Kier molecular flexibility index (Phi) is 4.64. The van der Waals surface area contributed by atoms with E-state index in [1.54, 1.807) is 23.7 Å². The van der Waals surface area contributed by atoms with Gasteiger partial charge >= 0.3 is 5.63 Å². The third-order valence-corrected chi connectivity index (χ3v) is 4.88. The molecule has 1 N–H and O–H groups in total. The van der Waals surface area contributed by atoms with Crippen molar-refractivity contribution in [3.05, 3.63) is 80.4 Å². The summed E-state index contributed by atoms with van der Waals surface area (Å²) in [4.78, 5) is 16.6. The minimum atomic E-state index is -0.404. The Hall–Kier alpha value is -2.77. The number of aromatic nitrogens is 1. The van der Waals surface area contributed by atoms with E-state index in [4.69, 9.17) is 4.42 Å². The van der Waals surface area contributed by atoms with Crippen LogP contribution in [0.25, 0.3) is 22.2 Å². The highest BCUT2D eigenvalue weighted by molar-refractivity contribution is 9.10. The molecule has 0 spiro atoms. The number of hydrazone groups is 1. The number of benzene rings is 2. The maximum atomic E-state index is 12.2. The van der Waals surface area contributed by atoms with Crippen molar-refractivity contribution in [2.24, 2.45) is 5.10 Å². The SMILES string of the molecule is O=c1oc2ccccc2cc1-c1csc(N/N=C\c2cccc(Br)c2)n1. The minimum absolute atomic E-state index is 0.404. The van der Waals surface area contributed by atoms with Crippen molar-refractivity contribution in [3.8, 4) is 11.3 Å². The Morgan fingerprint density at radius 3 is 2.92 bits per heavy atom. The fourth-order valence-electron chi connectivity index (χ4n) is 2.44. The lowest BCUT2D eigenvalue weighted by molar-refractivity contribution is 0.563. The smallest absolute Gasteiger partial charge is 0.345 e. The fourth-order valence-corrected chi connectivity index (χ4v) is 3.51. The zero-order chi connectivity index (χ0) is 17.9. The number of halogens is 1. The lowest BCUT2D eigenvalue weighted by Crippen LogP contribution is -2.02. The van der Waals surface area contributed by atoms with Crippen molar-refractivity contribution in [2.75, 3.05) is 5.43 Å². The number of hydrogen-bond acceptors (Lipinski definition) is 6. The first-order chi connectivity index (χ1) is 12.7. The van der Waals surface area contributed by atoms with Crippen LogP contribution in [0.2, 0.25) is 0 Å². The number of thiazole rings is 1. The standard InChI is InChI=1S/C19H12BrN3O2S/c20-14-6-3-4-12(8-14)10-21-23-19-22-16(11-26-19)15-9-13-5-1-2-7-17(13)25-18(15)24/h1-11H,(H,22,23)/b21-10-. The van der Waals surface area contributed by atoms with Gasteiger partial charge in [-0.1, -0.05) is 46.3 Å². The van der Waals surface area contributed by atoms with E-state index in [0.717, 1.165) is 15.4 Å². The number of fused-ring (bicyclic) bond motifs is 1. The van der Waals surface area contributed by atoms with E-state index < -0.39 is 5.63 Å². The number of nitrogens with one attached hydrogen (secondary N) is 1. The quantitative estimate of drug-likeness (QED) is 0.279. The van der Waals surface area contributed by atoms with Gasteiger partial charge in [-0.05, 0) is 29.8 Å². The molecule has 0 amide bonds. The highest BCUT2D eigenvalue weighted by Crippen LogP contribution is 2.25. The van der Waals surface area contributed by atoms with Gasteiger partial charge in [-0.15, -0.1) is 11.3 Å². The lowest BCUT2D eigenvalue weighted by Gasteiger charge is -1.99. The van der Waals surface area contributed by atoms with Crippen molar-refractivity contribution < 1.29 is 4.42 Å². The van der Waals surface area contributed by atoms with Crippen LogP contribution in [0.5, 0.6) is 0 Å². The van der Waals surface area contributed by atoms with E-state index in [0.29, 0.717) is 22.0 Å². The van der Waals surface area contributed by atoms with Gasteiger partial charge in [-0.3, -0.25) is 5.43 Å². The van der Waals surface area contributed by atoms with Crippen LogP contribution in [0.3, 0.4) is 0 Å². The predicted octanol–water partition coefficient (Wildman–Crippen LogP) is 5.13. The van der Waals surface area contributed by atoms with E-state index in [9.17, 15) is 4.79 Å². The number of anilines is 1. The molecule has 0 atom stereocenters. The Morgan fingerprint density at radius 2 is 2.04 bits per heavy atom. The zero-order valence-electron chi connectivity index (χ0n) is 13.3. The predicted molar refractivity (Wildman–Crippen MR) is 109 cm³/mol. The second-order valence-corrected chi connectivity index (χ2v) is 7.22. The Bertz CT molecular complexity index is 1170. The molecule has 2 heterocycles. The summed E-state index contributed by atoms with van der Waals surface area (Å²) in [6, 6.07) is 17.0. The summed E-state index contributed by atoms with van der Waals surface area (Å²) in [5.74, 6) is 0. The van der Waals surface area contributed by atoms with Crippen molar-refractivity contribution in [1.29, 1.82) is 0 Å². The highest BCUT2D eigenvalue weighted by atomic mass is 79.9. The molecule has 0 radical (unpaired) electrons. The van der Waals surface area contributed by atoms with Crippen LogP contribution in [0.1, 0.15) is 5.56 Å². The number of nitrogens with zero attached hydrogens (tertiary/aromatic N) is 2. The Balaban J connectivity index is 1.56. The van der Waals surface area contributed by atoms with Gasteiger partial charge in [-0.25, -0.2) is 9.78 Å². The molecule has 0 aliphatic carbocycles. The first-order valence-corrected chi connectivity index (χ1v) is 9.40. The molecule has 0 saturated carbocycles. The molecule has 128 valence electrons. The van der Waals surface area contributed by atoms with E-state index in [1.807, 2.05) is 42.5 Å². The molecule has 4 rings (SSSR count). The fraction of sp³-hybridized carbons (Fsp3) is 0. The summed E-state index contributed by atoms with van der Waals surface area (Å²) < 4.78 is 6.35. The Morgan fingerprint density at radius 1 is 1.15 bits per heavy atom. The van der Waals surface area contributed by atoms with Gasteiger partial charge in [0.15, 0.2) is 0 Å². The van der Waals surface area contributed by atoms with Gasteiger partial charge in [0.2, 0.25) is 5.13 Å². The lowest BCUT2D eigenvalue weighted by atomic mass is 10.1. The van der Waals surface area contributed by atoms with Crippen molar-refractivity contribution in [2.45, 2.75) is 0 Å². The Labute approximate surface area is 161 Å². The second-order valence-electron chi connectivity index (χ2n) is 5.45. The molecule has 0 aliphatic rings. The highest BCUT2D eigenvalue weighted by Gasteiger charge is 2.11. The van der Waals surface area contributed by atoms with Crippen LogP contribution >= 0.6 is 27.3 Å². The average molecular weight is 426 g/mol. The largest absolute Gasteiger partial charge is 0.422 e.